The molecule has 0 unspecified atom stereocenters. The van der Waals surface area contributed by atoms with Crippen LogP contribution < -0.4 is 10.6 Å². The summed E-state index contributed by atoms with van der Waals surface area (Å²) in [4.78, 5) is 36.0. The van der Waals surface area contributed by atoms with Gasteiger partial charge in [-0.05, 0) is 22.3 Å². The van der Waals surface area contributed by atoms with Crippen molar-refractivity contribution in [1.29, 1.82) is 0 Å². The van der Waals surface area contributed by atoms with Gasteiger partial charge in [-0.25, -0.2) is 9.59 Å². The van der Waals surface area contributed by atoms with E-state index in [-0.39, 0.29) is 24.6 Å². The zero-order valence-electron chi connectivity index (χ0n) is 18.4. The third kappa shape index (κ3) is 4.48. The average molecular weight is 464 g/mol. The number of aliphatic hydroxyl groups is 1. The van der Waals surface area contributed by atoms with Crippen LogP contribution in [0.2, 0.25) is 0 Å². The van der Waals surface area contributed by atoms with Crippen LogP contribution in [-0.2, 0) is 23.1 Å². The van der Waals surface area contributed by atoms with Gasteiger partial charge in [-0.2, -0.15) is 5.10 Å². The number of carbonyl (C=O) groups is 3. The summed E-state index contributed by atoms with van der Waals surface area (Å²) < 4.78 is 6.90. The Morgan fingerprint density at radius 1 is 1.09 bits per heavy atom. The largest absolute Gasteiger partial charge is 0.480 e. The Kier molecular flexibility index (Phi) is 6.60. The maximum absolute atomic E-state index is 12.5. The van der Waals surface area contributed by atoms with Gasteiger partial charge in [0.05, 0.1) is 30.6 Å². The van der Waals surface area contributed by atoms with Gasteiger partial charge in [0.2, 0.25) is 0 Å². The van der Waals surface area contributed by atoms with Crippen molar-refractivity contribution < 1.29 is 29.3 Å². The minimum absolute atomic E-state index is 0.0627. The fraction of sp³-hybridized carbons (Fsp3) is 0.250. The predicted molar refractivity (Wildman–Crippen MR) is 121 cm³/mol. The van der Waals surface area contributed by atoms with E-state index >= 15 is 0 Å². The number of carboxylic acid groups (broad SMARTS) is 1. The first-order valence-corrected chi connectivity index (χ1v) is 10.6. The molecule has 2 amide bonds. The summed E-state index contributed by atoms with van der Waals surface area (Å²) in [6.45, 7) is -0.670. The van der Waals surface area contributed by atoms with Crippen molar-refractivity contribution in [2.75, 3.05) is 13.2 Å². The van der Waals surface area contributed by atoms with Crippen molar-refractivity contribution in [3.05, 3.63) is 77.1 Å². The molecule has 0 aliphatic heterocycles. The van der Waals surface area contributed by atoms with E-state index < -0.39 is 30.6 Å². The maximum atomic E-state index is 12.5. The average Bonchev–Trinajstić information content (AvgIpc) is 3.37. The topological polar surface area (TPSA) is 143 Å². The van der Waals surface area contributed by atoms with E-state index in [1.807, 2.05) is 36.4 Å². The Balaban J connectivity index is 1.39. The number of nitrogens with zero attached hydrogens (tertiary/aromatic N) is 2. The summed E-state index contributed by atoms with van der Waals surface area (Å²) in [6, 6.07) is 14.6. The van der Waals surface area contributed by atoms with E-state index in [2.05, 4.69) is 27.9 Å². The van der Waals surface area contributed by atoms with Gasteiger partial charge in [-0.3, -0.25) is 9.48 Å². The standard InChI is InChI=1S/C24H24N4O6/c1-28-21(18(10-26-28)22(30)27-20(12-29)23(31)32)11-25-24(33)34-13-19-16-8-4-2-6-14(16)15-7-3-5-9-17(15)19/h2-10,19-20,29H,11-13H2,1H3,(H,25,33)(H,27,30)(H,31,32)/t20-/m1/s1. The molecule has 3 aromatic rings. The molecule has 176 valence electrons. The number of ether oxygens (including phenoxy) is 1. The Bertz CT molecular complexity index is 1190. The molecular weight excluding hydrogens is 440 g/mol. The van der Waals surface area contributed by atoms with Crippen molar-refractivity contribution in [1.82, 2.24) is 20.4 Å². The number of benzene rings is 2. The normalized spacial score (nSPS) is 13.0. The van der Waals surface area contributed by atoms with Crippen molar-refractivity contribution >= 4 is 18.0 Å². The Morgan fingerprint density at radius 2 is 1.71 bits per heavy atom. The van der Waals surface area contributed by atoms with Crippen LogP contribution in [0.15, 0.2) is 54.7 Å². The smallest absolute Gasteiger partial charge is 0.407 e. The lowest BCUT2D eigenvalue weighted by molar-refractivity contribution is -0.140. The van der Waals surface area contributed by atoms with E-state index in [1.165, 1.54) is 10.9 Å². The predicted octanol–water partition coefficient (Wildman–Crippen LogP) is 1.63. The number of hydrogen-bond acceptors (Lipinski definition) is 6. The van der Waals surface area contributed by atoms with Crippen molar-refractivity contribution in [3.8, 4) is 11.1 Å². The molecular formula is C24H24N4O6. The third-order valence-electron chi connectivity index (χ3n) is 5.84. The first-order chi connectivity index (χ1) is 16.4. The summed E-state index contributed by atoms with van der Waals surface area (Å²) in [6.07, 6.45) is 0.605. The lowest BCUT2D eigenvalue weighted by atomic mass is 9.98. The Hall–Kier alpha value is -4.18. The molecule has 1 aliphatic carbocycles. The number of amides is 2. The van der Waals surface area contributed by atoms with Crippen LogP contribution in [0, 0.1) is 0 Å². The van der Waals surface area contributed by atoms with Gasteiger partial charge in [0.1, 0.15) is 6.61 Å². The van der Waals surface area contributed by atoms with Crippen LogP contribution in [0.25, 0.3) is 11.1 Å². The summed E-state index contributed by atoms with van der Waals surface area (Å²) in [5.74, 6) is -2.17. The van der Waals surface area contributed by atoms with Gasteiger partial charge in [-0.15, -0.1) is 0 Å². The zero-order chi connectivity index (χ0) is 24.2. The first-order valence-electron chi connectivity index (χ1n) is 10.6. The molecule has 10 heteroatoms. The molecule has 2 aromatic carbocycles. The van der Waals surface area contributed by atoms with Crippen LogP contribution in [0.1, 0.15) is 33.1 Å². The number of carbonyl (C=O) groups excluding carboxylic acids is 2. The number of aliphatic carboxylic acids is 1. The second-order valence-electron chi connectivity index (χ2n) is 7.85. The summed E-state index contributed by atoms with van der Waals surface area (Å²) in [7, 11) is 1.59. The molecule has 0 radical (unpaired) electrons. The van der Waals surface area contributed by atoms with E-state index in [1.54, 1.807) is 7.05 Å². The minimum Gasteiger partial charge on any atom is -0.480 e. The van der Waals surface area contributed by atoms with E-state index in [0.29, 0.717) is 5.69 Å². The molecule has 0 saturated carbocycles. The zero-order valence-corrected chi connectivity index (χ0v) is 18.4. The molecule has 1 aliphatic rings. The summed E-state index contributed by atoms with van der Waals surface area (Å²) in [5.41, 5.74) is 4.88. The number of carboxylic acids is 1. The fourth-order valence-corrected chi connectivity index (χ4v) is 4.09. The number of aromatic nitrogens is 2. The van der Waals surface area contributed by atoms with E-state index in [0.717, 1.165) is 22.3 Å². The number of alkyl carbamates (subject to hydrolysis) is 1. The summed E-state index contributed by atoms with van der Waals surface area (Å²) >= 11 is 0. The molecule has 0 bridgehead atoms. The molecule has 1 atom stereocenters. The van der Waals surface area contributed by atoms with E-state index in [9.17, 15) is 14.4 Å². The summed E-state index contributed by atoms with van der Waals surface area (Å²) in [5, 5.41) is 27.0. The quantitative estimate of drug-likeness (QED) is 0.397. The maximum Gasteiger partial charge on any atom is 0.407 e. The number of nitrogens with one attached hydrogen (secondary N) is 2. The van der Waals surface area contributed by atoms with Gasteiger partial charge >= 0.3 is 12.1 Å². The highest BCUT2D eigenvalue weighted by molar-refractivity contribution is 5.97. The Labute approximate surface area is 195 Å². The molecule has 34 heavy (non-hydrogen) atoms. The number of aryl methyl sites for hydroxylation is 1. The van der Waals surface area contributed by atoms with Gasteiger partial charge in [-0.1, -0.05) is 48.5 Å². The van der Waals surface area contributed by atoms with Crippen LogP contribution in [0.3, 0.4) is 0 Å². The van der Waals surface area contributed by atoms with Crippen LogP contribution in [0.5, 0.6) is 0 Å². The van der Waals surface area contributed by atoms with Crippen LogP contribution in [-0.4, -0.2) is 57.2 Å². The lowest BCUT2D eigenvalue weighted by Crippen LogP contribution is -2.43. The molecule has 4 N–H and O–H groups in total. The third-order valence-corrected chi connectivity index (χ3v) is 5.84. The highest BCUT2D eigenvalue weighted by atomic mass is 16.5. The molecule has 0 saturated heterocycles. The molecule has 1 heterocycles. The Morgan fingerprint density at radius 3 is 2.29 bits per heavy atom. The minimum atomic E-state index is -1.45. The number of fused-ring (bicyclic) bond motifs is 3. The lowest BCUT2D eigenvalue weighted by Gasteiger charge is -2.15. The second kappa shape index (κ2) is 9.75. The first kappa shape index (κ1) is 23.0. The highest BCUT2D eigenvalue weighted by Gasteiger charge is 2.29. The van der Waals surface area contributed by atoms with Gasteiger partial charge < -0.3 is 25.6 Å². The highest BCUT2D eigenvalue weighted by Crippen LogP contribution is 2.44. The van der Waals surface area contributed by atoms with E-state index in [4.69, 9.17) is 14.9 Å². The van der Waals surface area contributed by atoms with Crippen LogP contribution >= 0.6 is 0 Å². The van der Waals surface area contributed by atoms with Crippen LogP contribution in [0.4, 0.5) is 4.79 Å². The van der Waals surface area contributed by atoms with Gasteiger partial charge in [0, 0.05) is 13.0 Å². The molecule has 0 fully saturated rings. The molecule has 1 aromatic heterocycles. The number of rotatable bonds is 8. The van der Waals surface area contributed by atoms with Crippen molar-refractivity contribution in [3.63, 3.8) is 0 Å². The van der Waals surface area contributed by atoms with Crippen molar-refractivity contribution in [2.45, 2.75) is 18.5 Å². The fourth-order valence-electron chi connectivity index (χ4n) is 4.09. The second-order valence-corrected chi connectivity index (χ2v) is 7.85. The van der Waals surface area contributed by atoms with Gasteiger partial charge in [0.15, 0.2) is 6.04 Å². The monoisotopic (exact) mass is 464 g/mol. The van der Waals surface area contributed by atoms with Crippen molar-refractivity contribution in [2.24, 2.45) is 7.05 Å². The molecule has 10 nitrogen and oxygen atoms in total. The molecule has 4 rings (SSSR count). The number of hydrogen-bond donors (Lipinski definition) is 4. The number of aliphatic hydroxyl groups excluding tert-OH is 1. The molecule has 0 spiro atoms. The van der Waals surface area contributed by atoms with Gasteiger partial charge in [0.25, 0.3) is 5.91 Å². The SMILES string of the molecule is Cn1ncc(C(=O)N[C@H](CO)C(=O)O)c1CNC(=O)OCC1c2ccccc2-c2ccccc21.